The molecule has 3 aliphatic rings. The molecule has 0 radical (unpaired) electrons. The number of ether oxygens (including phenoxy) is 2. The van der Waals surface area contributed by atoms with Crippen LogP contribution in [-0.4, -0.2) is 72.5 Å². The number of hydrogen-bond acceptors (Lipinski definition) is 6. The molecule has 4 aromatic rings. The van der Waals surface area contributed by atoms with Gasteiger partial charge < -0.3 is 24.5 Å². The number of nitrogens with zero attached hydrogens (tertiary/aromatic N) is 2. The van der Waals surface area contributed by atoms with Crippen molar-refractivity contribution < 1.29 is 19.4 Å². The van der Waals surface area contributed by atoms with E-state index in [9.17, 15) is 9.90 Å². The molecule has 2 bridgehead atoms. The third kappa shape index (κ3) is 4.87. The van der Waals surface area contributed by atoms with Gasteiger partial charge >= 0.3 is 5.97 Å². The second-order valence-electron chi connectivity index (χ2n) is 10.2. The predicted molar refractivity (Wildman–Crippen MR) is 150 cm³/mol. The molecule has 3 aliphatic heterocycles. The zero-order chi connectivity index (χ0) is 26.1. The number of methoxy groups -OCH3 is 1. The minimum Gasteiger partial charge on any atom is -0.490 e. The molecule has 1 saturated heterocycles. The highest BCUT2D eigenvalue weighted by Gasteiger charge is 2.35. The normalized spacial score (nSPS) is 20.4. The maximum absolute atomic E-state index is 11.9. The minimum absolute atomic E-state index is 0.177. The Bertz CT molecular complexity index is 1480. The summed E-state index contributed by atoms with van der Waals surface area (Å²) in [5.41, 5.74) is 2.43. The van der Waals surface area contributed by atoms with Crippen molar-refractivity contribution in [3.05, 3.63) is 84.6 Å². The zero-order valence-electron chi connectivity index (χ0n) is 21.5. The van der Waals surface area contributed by atoms with E-state index in [0.717, 1.165) is 36.8 Å². The van der Waals surface area contributed by atoms with Gasteiger partial charge in [-0.2, -0.15) is 0 Å². The average molecular weight is 512 g/mol. The molecule has 7 nitrogen and oxygen atoms in total. The van der Waals surface area contributed by atoms with Gasteiger partial charge in [0.25, 0.3) is 0 Å². The summed E-state index contributed by atoms with van der Waals surface area (Å²) in [6.45, 7) is 2.56. The number of aliphatic hydroxyl groups is 1. The number of H-pyrrole nitrogens is 1. The summed E-state index contributed by atoms with van der Waals surface area (Å²) >= 11 is 0. The first kappa shape index (κ1) is 24.5. The smallest absolute Gasteiger partial charge is 0.354 e. The number of fused-ring (bicyclic) bond motifs is 6. The Morgan fingerprint density at radius 2 is 1.82 bits per heavy atom. The van der Waals surface area contributed by atoms with E-state index in [4.69, 9.17) is 9.47 Å². The van der Waals surface area contributed by atoms with E-state index in [-0.39, 0.29) is 6.61 Å². The zero-order valence-corrected chi connectivity index (χ0v) is 21.5. The largest absolute Gasteiger partial charge is 0.490 e. The lowest BCUT2D eigenvalue weighted by Gasteiger charge is -2.48. The van der Waals surface area contributed by atoms with Crippen molar-refractivity contribution in [2.75, 3.05) is 38.3 Å². The first-order valence-electron chi connectivity index (χ1n) is 13.2. The van der Waals surface area contributed by atoms with Gasteiger partial charge in [0.05, 0.1) is 7.11 Å². The second-order valence-corrected chi connectivity index (χ2v) is 10.2. The molecule has 1 fully saturated rings. The molecule has 7 rings (SSSR count). The van der Waals surface area contributed by atoms with Crippen LogP contribution in [-0.2, 0) is 4.74 Å². The van der Waals surface area contributed by atoms with Gasteiger partial charge in [0.15, 0.2) is 0 Å². The van der Waals surface area contributed by atoms with Crippen LogP contribution < -0.4 is 9.64 Å². The topological polar surface area (TPSA) is 78.0 Å². The summed E-state index contributed by atoms with van der Waals surface area (Å²) in [6.07, 6.45) is 5.91. The lowest BCUT2D eigenvalue weighted by atomic mass is 9.96. The first-order chi connectivity index (χ1) is 18.6. The fourth-order valence-corrected chi connectivity index (χ4v) is 5.82. The fraction of sp³-hybridized carbons (Fsp3) is 0.323. The van der Waals surface area contributed by atoms with E-state index >= 15 is 0 Å². The number of esters is 1. The van der Waals surface area contributed by atoms with Gasteiger partial charge in [0.1, 0.15) is 24.2 Å². The fourth-order valence-electron chi connectivity index (χ4n) is 5.82. The van der Waals surface area contributed by atoms with Crippen molar-refractivity contribution >= 4 is 33.3 Å². The quantitative estimate of drug-likeness (QED) is 0.275. The Labute approximate surface area is 222 Å². The Kier molecular flexibility index (Phi) is 6.79. The van der Waals surface area contributed by atoms with Gasteiger partial charge in [0.2, 0.25) is 0 Å². The standard InChI is InChI=1S/C31H33N3O4/c1-37-31(36)29-16-27-28(32-29)11-6-12-30(27)38-20-26(35)19-33-17-25-10-5-4-9-24(33)18-34(25)23-14-13-21-7-2-3-8-22(21)15-23/h2-8,11-16,24-26,32,35H,9-10,17-20H2,1H3/t24-,25-,26-/m0/s1. The van der Waals surface area contributed by atoms with E-state index in [1.807, 2.05) is 18.2 Å². The van der Waals surface area contributed by atoms with E-state index < -0.39 is 12.1 Å². The molecule has 0 amide bonds. The third-order valence-corrected chi connectivity index (χ3v) is 7.76. The summed E-state index contributed by atoms with van der Waals surface area (Å²) < 4.78 is 10.9. The van der Waals surface area contributed by atoms with Crippen LogP contribution in [0.25, 0.3) is 21.7 Å². The first-order valence-corrected chi connectivity index (χ1v) is 13.2. The van der Waals surface area contributed by atoms with Crippen LogP contribution in [0, 0.1) is 0 Å². The summed E-state index contributed by atoms with van der Waals surface area (Å²) in [4.78, 5) is 20.0. The van der Waals surface area contributed by atoms with Crippen LogP contribution in [0.1, 0.15) is 23.3 Å². The number of aliphatic hydroxyl groups excluding tert-OH is 1. The van der Waals surface area contributed by atoms with Crippen LogP contribution in [0.5, 0.6) is 5.75 Å². The van der Waals surface area contributed by atoms with Gasteiger partial charge in [-0.1, -0.05) is 48.6 Å². The van der Waals surface area contributed by atoms with E-state index in [1.165, 1.54) is 23.6 Å². The number of carbonyl (C=O) groups excluding carboxylic acids is 1. The monoisotopic (exact) mass is 511 g/mol. The molecular weight excluding hydrogens is 478 g/mol. The molecule has 7 heteroatoms. The number of aromatic nitrogens is 1. The highest BCUT2D eigenvalue weighted by Crippen LogP contribution is 2.31. The highest BCUT2D eigenvalue weighted by molar-refractivity contribution is 5.97. The molecule has 0 unspecified atom stereocenters. The van der Waals surface area contributed by atoms with Gasteiger partial charge in [-0.3, -0.25) is 4.90 Å². The maximum Gasteiger partial charge on any atom is 0.354 e. The Morgan fingerprint density at radius 1 is 1.00 bits per heavy atom. The number of nitrogens with one attached hydrogen (secondary N) is 1. The average Bonchev–Trinajstić information content (AvgIpc) is 3.37. The van der Waals surface area contributed by atoms with Crippen molar-refractivity contribution in [2.45, 2.75) is 31.0 Å². The molecule has 4 heterocycles. The number of hydrogen-bond donors (Lipinski definition) is 2. The number of benzene rings is 3. The number of aromatic amines is 1. The maximum atomic E-state index is 11.9. The molecule has 3 atom stereocenters. The second kappa shape index (κ2) is 10.5. The number of rotatable bonds is 7. The molecule has 0 saturated carbocycles. The third-order valence-electron chi connectivity index (χ3n) is 7.76. The van der Waals surface area contributed by atoms with Gasteiger partial charge in [-0.05, 0) is 53.9 Å². The molecule has 196 valence electrons. The van der Waals surface area contributed by atoms with Crippen molar-refractivity contribution in [3.8, 4) is 5.75 Å². The summed E-state index contributed by atoms with van der Waals surface area (Å²) in [5.74, 6) is 0.207. The van der Waals surface area contributed by atoms with Gasteiger partial charge in [0, 0.05) is 48.3 Å². The Balaban J connectivity index is 1.13. The van der Waals surface area contributed by atoms with Crippen LogP contribution in [0.4, 0.5) is 5.69 Å². The van der Waals surface area contributed by atoms with Crippen LogP contribution >= 0.6 is 0 Å². The molecule has 38 heavy (non-hydrogen) atoms. The van der Waals surface area contributed by atoms with Crippen molar-refractivity contribution in [3.63, 3.8) is 0 Å². The molecule has 1 aromatic heterocycles. The van der Waals surface area contributed by atoms with Gasteiger partial charge in [-0.15, -0.1) is 0 Å². The lowest BCUT2D eigenvalue weighted by Crippen LogP contribution is -2.60. The predicted octanol–water partition coefficient (Wildman–Crippen LogP) is 4.76. The Morgan fingerprint density at radius 3 is 2.66 bits per heavy atom. The van der Waals surface area contributed by atoms with Crippen LogP contribution in [0.3, 0.4) is 0 Å². The number of piperazine rings is 1. The SMILES string of the molecule is COC(=O)c1cc2c(OC[C@@H](O)CN3C[C@@H]4CC=CC[C@H]3CN4c3ccc4ccccc4c3)cccc2[nH]1. The number of anilines is 1. The van der Waals surface area contributed by atoms with E-state index in [2.05, 4.69) is 69.4 Å². The van der Waals surface area contributed by atoms with Crippen LogP contribution in [0.2, 0.25) is 0 Å². The van der Waals surface area contributed by atoms with Gasteiger partial charge in [-0.25, -0.2) is 4.79 Å². The van der Waals surface area contributed by atoms with E-state index in [0.29, 0.717) is 30.1 Å². The summed E-state index contributed by atoms with van der Waals surface area (Å²) in [6, 6.07) is 23.3. The number of carbonyl (C=O) groups is 1. The van der Waals surface area contributed by atoms with Crippen molar-refractivity contribution in [2.24, 2.45) is 0 Å². The summed E-state index contributed by atoms with van der Waals surface area (Å²) in [5, 5.41) is 14.3. The Hall–Kier alpha value is -3.81. The molecule has 2 N–H and O–H groups in total. The lowest BCUT2D eigenvalue weighted by molar-refractivity contribution is 0.0409. The molecular formula is C31H33N3O4. The highest BCUT2D eigenvalue weighted by atomic mass is 16.5. The molecule has 0 aliphatic carbocycles. The molecule has 3 aromatic carbocycles. The van der Waals surface area contributed by atoms with Crippen molar-refractivity contribution in [1.82, 2.24) is 9.88 Å². The van der Waals surface area contributed by atoms with E-state index in [1.54, 1.807) is 6.07 Å². The van der Waals surface area contributed by atoms with Crippen LogP contribution in [0.15, 0.2) is 78.9 Å². The minimum atomic E-state index is -0.636. The molecule has 0 spiro atoms. The van der Waals surface area contributed by atoms with Crippen molar-refractivity contribution in [1.29, 1.82) is 0 Å². The summed E-state index contributed by atoms with van der Waals surface area (Å²) in [7, 11) is 1.36.